The second-order valence-corrected chi connectivity index (χ2v) is 2.82. The van der Waals surface area contributed by atoms with E-state index in [1.165, 1.54) is 6.92 Å². The molecule has 0 aliphatic rings. The van der Waals surface area contributed by atoms with E-state index in [0.29, 0.717) is 12.8 Å². The van der Waals surface area contributed by atoms with Gasteiger partial charge < -0.3 is 4.79 Å². The molecule has 0 saturated heterocycles. The van der Waals surface area contributed by atoms with Gasteiger partial charge in [0, 0.05) is 12.3 Å². The number of halogens is 1. The van der Waals surface area contributed by atoms with E-state index in [9.17, 15) is 9.59 Å². The smallest absolute Gasteiger partial charge is 0.224 e. The third kappa shape index (κ3) is 4.50. The summed E-state index contributed by atoms with van der Waals surface area (Å²) in [5.74, 6) is -0.0877. The Morgan fingerprint density at radius 3 is 2.30 bits per heavy atom. The molecule has 0 aromatic carbocycles. The van der Waals surface area contributed by atoms with Gasteiger partial charge in [0.15, 0.2) is 0 Å². The van der Waals surface area contributed by atoms with Gasteiger partial charge >= 0.3 is 0 Å². The van der Waals surface area contributed by atoms with E-state index in [-0.39, 0.29) is 16.9 Å². The summed E-state index contributed by atoms with van der Waals surface area (Å²) in [6, 6.07) is 0. The van der Waals surface area contributed by atoms with Crippen LogP contribution in [0.3, 0.4) is 0 Å². The molecule has 0 radical (unpaired) electrons. The SMILES string of the molecule is CC(=O)CC[C@H](C)C(=O)Cl. The minimum Gasteiger partial charge on any atom is -0.300 e. The third-order valence-corrected chi connectivity index (χ3v) is 1.69. The molecule has 1 atom stereocenters. The molecule has 0 aromatic heterocycles. The van der Waals surface area contributed by atoms with Crippen LogP contribution in [0.2, 0.25) is 0 Å². The van der Waals surface area contributed by atoms with Crippen molar-refractivity contribution in [2.45, 2.75) is 26.7 Å². The molecular formula is C7H11ClO2. The molecule has 0 aliphatic heterocycles. The van der Waals surface area contributed by atoms with Crippen LogP contribution in [0.15, 0.2) is 0 Å². The van der Waals surface area contributed by atoms with Crippen LogP contribution in [0, 0.1) is 5.92 Å². The van der Waals surface area contributed by atoms with E-state index in [0.717, 1.165) is 0 Å². The third-order valence-electron chi connectivity index (χ3n) is 1.32. The van der Waals surface area contributed by atoms with Gasteiger partial charge in [0.2, 0.25) is 5.24 Å². The summed E-state index contributed by atoms with van der Waals surface area (Å²) in [4.78, 5) is 20.8. The fourth-order valence-corrected chi connectivity index (χ4v) is 0.642. The van der Waals surface area contributed by atoms with Gasteiger partial charge in [0.25, 0.3) is 0 Å². The summed E-state index contributed by atoms with van der Waals surface area (Å²) in [7, 11) is 0. The number of ketones is 1. The Kier molecular flexibility index (Phi) is 4.28. The van der Waals surface area contributed by atoms with Gasteiger partial charge in [-0.25, -0.2) is 0 Å². The van der Waals surface area contributed by atoms with Gasteiger partial charge in [-0.1, -0.05) is 6.92 Å². The largest absolute Gasteiger partial charge is 0.300 e. The van der Waals surface area contributed by atoms with Crippen molar-refractivity contribution >= 4 is 22.6 Å². The highest BCUT2D eigenvalue weighted by Crippen LogP contribution is 2.08. The summed E-state index contributed by atoms with van der Waals surface area (Å²) in [6.45, 7) is 3.23. The van der Waals surface area contributed by atoms with Crippen molar-refractivity contribution in [1.82, 2.24) is 0 Å². The van der Waals surface area contributed by atoms with E-state index in [1.54, 1.807) is 6.92 Å². The lowest BCUT2D eigenvalue weighted by Crippen LogP contribution is -2.05. The predicted molar refractivity (Wildman–Crippen MR) is 39.9 cm³/mol. The highest BCUT2D eigenvalue weighted by molar-refractivity contribution is 6.63. The molecule has 0 heterocycles. The van der Waals surface area contributed by atoms with E-state index in [1.807, 2.05) is 0 Å². The van der Waals surface area contributed by atoms with Crippen LogP contribution in [-0.2, 0) is 9.59 Å². The number of rotatable bonds is 4. The maximum Gasteiger partial charge on any atom is 0.224 e. The molecule has 0 N–H and O–H groups in total. The summed E-state index contributed by atoms with van der Waals surface area (Å²) in [5, 5.41) is -0.360. The van der Waals surface area contributed by atoms with Crippen molar-refractivity contribution in [3.8, 4) is 0 Å². The first kappa shape index (κ1) is 9.63. The van der Waals surface area contributed by atoms with E-state index < -0.39 is 0 Å². The standard InChI is InChI=1S/C7H11ClO2/c1-5(7(8)10)3-4-6(2)9/h5H,3-4H2,1-2H3/t5-/m0/s1. The van der Waals surface area contributed by atoms with Crippen molar-refractivity contribution in [1.29, 1.82) is 0 Å². The second kappa shape index (κ2) is 4.45. The van der Waals surface area contributed by atoms with Gasteiger partial charge in [-0.2, -0.15) is 0 Å². The number of carbonyl (C=O) groups excluding carboxylic acids is 2. The van der Waals surface area contributed by atoms with Crippen LogP contribution in [-0.4, -0.2) is 11.0 Å². The predicted octanol–water partition coefficient (Wildman–Crippen LogP) is 1.76. The highest BCUT2D eigenvalue weighted by atomic mass is 35.5. The molecule has 0 aromatic rings. The number of Topliss-reactive ketones (excluding diaryl/α,β-unsaturated/α-hetero) is 1. The summed E-state index contributed by atoms with van der Waals surface area (Å²) >= 11 is 5.16. The zero-order valence-corrected chi connectivity index (χ0v) is 6.94. The molecule has 10 heavy (non-hydrogen) atoms. The number of hydrogen-bond donors (Lipinski definition) is 0. The zero-order valence-electron chi connectivity index (χ0n) is 6.19. The van der Waals surface area contributed by atoms with Gasteiger partial charge in [0.1, 0.15) is 5.78 Å². The van der Waals surface area contributed by atoms with E-state index in [2.05, 4.69) is 0 Å². The zero-order chi connectivity index (χ0) is 8.15. The number of carbonyl (C=O) groups is 2. The quantitative estimate of drug-likeness (QED) is 0.591. The Balaban J connectivity index is 3.49. The highest BCUT2D eigenvalue weighted by Gasteiger charge is 2.09. The molecule has 0 saturated carbocycles. The molecule has 0 rings (SSSR count). The van der Waals surface area contributed by atoms with Crippen molar-refractivity contribution in [2.75, 3.05) is 0 Å². The Bertz CT molecular complexity index is 143. The lowest BCUT2D eigenvalue weighted by molar-refractivity contribution is -0.118. The van der Waals surface area contributed by atoms with Crippen LogP contribution in [0.4, 0.5) is 0 Å². The van der Waals surface area contributed by atoms with Crippen molar-refractivity contribution in [3.05, 3.63) is 0 Å². The molecule has 0 amide bonds. The van der Waals surface area contributed by atoms with Crippen LogP contribution < -0.4 is 0 Å². The molecular weight excluding hydrogens is 152 g/mol. The fourth-order valence-electron chi connectivity index (χ4n) is 0.533. The van der Waals surface area contributed by atoms with Gasteiger partial charge in [0.05, 0.1) is 0 Å². The maximum absolute atomic E-state index is 10.4. The van der Waals surface area contributed by atoms with E-state index in [4.69, 9.17) is 11.6 Å². The van der Waals surface area contributed by atoms with Crippen LogP contribution in [0.5, 0.6) is 0 Å². The lowest BCUT2D eigenvalue weighted by Gasteiger charge is -2.01. The normalized spacial score (nSPS) is 12.7. The molecule has 0 aliphatic carbocycles. The Morgan fingerprint density at radius 1 is 1.50 bits per heavy atom. The average molecular weight is 163 g/mol. The first-order valence-electron chi connectivity index (χ1n) is 3.23. The van der Waals surface area contributed by atoms with E-state index >= 15 is 0 Å². The molecule has 3 heteroatoms. The van der Waals surface area contributed by atoms with Crippen LogP contribution >= 0.6 is 11.6 Å². The first-order valence-corrected chi connectivity index (χ1v) is 3.60. The minimum atomic E-state index is -0.360. The Morgan fingerprint density at radius 2 is 2.00 bits per heavy atom. The molecule has 0 unspecified atom stereocenters. The second-order valence-electron chi connectivity index (χ2n) is 2.45. The van der Waals surface area contributed by atoms with Crippen LogP contribution in [0.25, 0.3) is 0 Å². The summed E-state index contributed by atoms with van der Waals surface area (Å²) in [5.41, 5.74) is 0. The Labute approximate surface area is 65.6 Å². The fraction of sp³-hybridized carbons (Fsp3) is 0.714. The van der Waals surface area contributed by atoms with Crippen molar-refractivity contribution in [2.24, 2.45) is 5.92 Å². The first-order chi connectivity index (χ1) is 4.54. The summed E-state index contributed by atoms with van der Waals surface area (Å²) in [6.07, 6.45) is 1.01. The molecule has 0 bridgehead atoms. The van der Waals surface area contributed by atoms with Crippen LogP contribution in [0.1, 0.15) is 26.7 Å². The monoisotopic (exact) mass is 162 g/mol. The van der Waals surface area contributed by atoms with Crippen molar-refractivity contribution in [3.63, 3.8) is 0 Å². The van der Waals surface area contributed by atoms with Gasteiger partial charge in [-0.15, -0.1) is 0 Å². The maximum atomic E-state index is 10.4. The van der Waals surface area contributed by atoms with Gasteiger partial charge in [-0.3, -0.25) is 4.79 Å². The minimum absolute atomic E-state index is 0.102. The summed E-state index contributed by atoms with van der Waals surface area (Å²) < 4.78 is 0. The Hall–Kier alpha value is -0.370. The molecule has 0 fully saturated rings. The molecule has 58 valence electrons. The lowest BCUT2D eigenvalue weighted by atomic mass is 10.1. The molecule has 0 spiro atoms. The number of hydrogen-bond acceptors (Lipinski definition) is 2. The topological polar surface area (TPSA) is 34.1 Å². The van der Waals surface area contributed by atoms with Crippen molar-refractivity contribution < 1.29 is 9.59 Å². The molecule has 2 nitrogen and oxygen atoms in total. The van der Waals surface area contributed by atoms with Gasteiger partial charge in [-0.05, 0) is 24.9 Å². The average Bonchev–Trinajstić information content (AvgIpc) is 1.82.